The maximum absolute atomic E-state index is 5.16. The highest BCUT2D eigenvalue weighted by Gasteiger charge is 2.21. The van der Waals surface area contributed by atoms with Gasteiger partial charge in [0.15, 0.2) is 0 Å². The molecule has 0 radical (unpaired) electrons. The number of rotatable bonds is 3. The molecule has 124 valence electrons. The van der Waals surface area contributed by atoms with Crippen LogP contribution >= 0.6 is 11.3 Å². The summed E-state index contributed by atoms with van der Waals surface area (Å²) < 4.78 is 6.40. The van der Waals surface area contributed by atoms with Crippen molar-refractivity contribution < 1.29 is 4.74 Å². The van der Waals surface area contributed by atoms with Gasteiger partial charge in [0.1, 0.15) is 0 Å². The van der Waals surface area contributed by atoms with Gasteiger partial charge in [0.05, 0.1) is 28.5 Å². The summed E-state index contributed by atoms with van der Waals surface area (Å²) in [5.74, 6) is 0. The third kappa shape index (κ3) is 2.87. The minimum Gasteiger partial charge on any atom is -0.467 e. The van der Waals surface area contributed by atoms with Gasteiger partial charge < -0.3 is 4.74 Å². The molecular weight excluding hydrogens is 320 g/mol. The SMILES string of the molecule is COc1ncc2c(n1)CCN([C@H](C)c1ccc3scnc3c1)CC2. The van der Waals surface area contributed by atoms with Gasteiger partial charge in [-0.3, -0.25) is 4.90 Å². The van der Waals surface area contributed by atoms with Crippen molar-refractivity contribution in [2.45, 2.75) is 25.8 Å². The molecule has 1 atom stereocenters. The van der Waals surface area contributed by atoms with Crippen LogP contribution in [0, 0.1) is 0 Å². The Morgan fingerprint density at radius 2 is 2.08 bits per heavy atom. The van der Waals surface area contributed by atoms with Crippen molar-refractivity contribution in [3.05, 3.63) is 46.7 Å². The minimum absolute atomic E-state index is 0.361. The fourth-order valence-corrected chi connectivity index (χ4v) is 3.96. The number of hydrogen-bond donors (Lipinski definition) is 0. The second-order valence-corrected chi connectivity index (χ2v) is 7.01. The fourth-order valence-electron chi connectivity index (χ4n) is 3.31. The molecule has 6 heteroatoms. The second kappa shape index (κ2) is 6.45. The Hall–Kier alpha value is -2.05. The predicted molar refractivity (Wildman–Crippen MR) is 95.6 cm³/mol. The van der Waals surface area contributed by atoms with E-state index in [-0.39, 0.29) is 0 Å². The van der Waals surface area contributed by atoms with Crippen molar-refractivity contribution in [3.8, 4) is 6.01 Å². The molecule has 0 N–H and O–H groups in total. The number of benzene rings is 1. The summed E-state index contributed by atoms with van der Waals surface area (Å²) >= 11 is 1.69. The minimum atomic E-state index is 0.361. The number of methoxy groups -OCH3 is 1. The number of aromatic nitrogens is 3. The van der Waals surface area contributed by atoms with Gasteiger partial charge in [-0.25, -0.2) is 9.97 Å². The summed E-state index contributed by atoms with van der Waals surface area (Å²) in [5, 5.41) is 0. The van der Waals surface area contributed by atoms with E-state index in [0.29, 0.717) is 12.1 Å². The molecule has 24 heavy (non-hydrogen) atoms. The molecule has 4 rings (SSSR count). The maximum atomic E-state index is 5.16. The van der Waals surface area contributed by atoms with Gasteiger partial charge in [-0.1, -0.05) is 6.07 Å². The zero-order valence-corrected chi connectivity index (χ0v) is 14.7. The first-order valence-corrected chi connectivity index (χ1v) is 9.08. The molecule has 1 aliphatic heterocycles. The quantitative estimate of drug-likeness (QED) is 0.732. The van der Waals surface area contributed by atoms with Crippen LogP contribution in [0.3, 0.4) is 0 Å². The molecule has 3 aromatic rings. The molecule has 2 aromatic heterocycles. The number of hydrogen-bond acceptors (Lipinski definition) is 6. The Bertz CT molecular complexity index is 863. The fraction of sp³-hybridized carbons (Fsp3) is 0.389. The Labute approximate surface area is 145 Å². The number of fused-ring (bicyclic) bond motifs is 2. The Kier molecular flexibility index (Phi) is 4.16. The molecular formula is C18H20N4OS. The molecule has 0 bridgehead atoms. The summed E-state index contributed by atoms with van der Waals surface area (Å²) in [6.07, 6.45) is 3.82. The zero-order valence-electron chi connectivity index (χ0n) is 13.9. The predicted octanol–water partition coefficient (Wildman–Crippen LogP) is 3.26. The third-order valence-electron chi connectivity index (χ3n) is 4.80. The molecule has 0 saturated heterocycles. The lowest BCUT2D eigenvalue weighted by Gasteiger charge is -2.27. The lowest BCUT2D eigenvalue weighted by molar-refractivity contribution is 0.221. The standard InChI is InChI=1S/C18H20N4OS/c1-12(13-3-4-17-16(9-13)20-11-24-17)22-7-5-14-10-19-18(23-2)21-15(14)6-8-22/h3-4,9-12H,5-8H2,1-2H3/t12-/m1/s1. The molecule has 1 aliphatic rings. The maximum Gasteiger partial charge on any atom is 0.316 e. The molecule has 0 aliphatic carbocycles. The Morgan fingerprint density at radius 1 is 1.21 bits per heavy atom. The van der Waals surface area contributed by atoms with E-state index in [1.807, 2.05) is 11.7 Å². The summed E-state index contributed by atoms with van der Waals surface area (Å²) in [7, 11) is 1.61. The van der Waals surface area contributed by atoms with Crippen LogP contribution in [0.5, 0.6) is 6.01 Å². The highest BCUT2D eigenvalue weighted by atomic mass is 32.1. The van der Waals surface area contributed by atoms with E-state index in [4.69, 9.17) is 4.74 Å². The summed E-state index contributed by atoms with van der Waals surface area (Å²) in [6, 6.07) is 7.45. The normalized spacial score (nSPS) is 16.6. The number of ether oxygens (including phenoxy) is 1. The van der Waals surface area contributed by atoms with E-state index in [9.17, 15) is 0 Å². The van der Waals surface area contributed by atoms with E-state index in [1.165, 1.54) is 15.8 Å². The van der Waals surface area contributed by atoms with Gasteiger partial charge >= 0.3 is 6.01 Å². The van der Waals surface area contributed by atoms with Crippen LogP contribution in [0.25, 0.3) is 10.2 Å². The van der Waals surface area contributed by atoms with Gasteiger partial charge in [-0.15, -0.1) is 11.3 Å². The smallest absolute Gasteiger partial charge is 0.316 e. The van der Waals surface area contributed by atoms with E-state index in [1.54, 1.807) is 18.4 Å². The monoisotopic (exact) mass is 340 g/mol. The molecule has 0 saturated carbocycles. The zero-order chi connectivity index (χ0) is 16.5. The van der Waals surface area contributed by atoms with Gasteiger partial charge in [-0.2, -0.15) is 4.98 Å². The lowest BCUT2D eigenvalue weighted by Crippen LogP contribution is -2.29. The molecule has 1 aromatic carbocycles. The molecule has 0 unspecified atom stereocenters. The number of thiazole rings is 1. The molecule has 0 fully saturated rings. The van der Waals surface area contributed by atoms with Crippen LogP contribution in [-0.2, 0) is 12.8 Å². The van der Waals surface area contributed by atoms with E-state index in [0.717, 1.165) is 37.1 Å². The highest BCUT2D eigenvalue weighted by molar-refractivity contribution is 7.16. The average molecular weight is 340 g/mol. The van der Waals surface area contributed by atoms with E-state index in [2.05, 4.69) is 45.0 Å². The second-order valence-electron chi connectivity index (χ2n) is 6.12. The van der Waals surface area contributed by atoms with Crippen molar-refractivity contribution in [1.29, 1.82) is 0 Å². The van der Waals surface area contributed by atoms with Crippen molar-refractivity contribution in [2.75, 3.05) is 20.2 Å². The van der Waals surface area contributed by atoms with Gasteiger partial charge in [0, 0.05) is 31.7 Å². The first-order valence-electron chi connectivity index (χ1n) is 8.20. The van der Waals surface area contributed by atoms with Crippen LogP contribution in [-0.4, -0.2) is 40.1 Å². The van der Waals surface area contributed by atoms with Crippen LogP contribution in [0.2, 0.25) is 0 Å². The van der Waals surface area contributed by atoms with Gasteiger partial charge in [0.25, 0.3) is 0 Å². The van der Waals surface area contributed by atoms with Crippen LogP contribution in [0.4, 0.5) is 0 Å². The van der Waals surface area contributed by atoms with Crippen molar-refractivity contribution in [3.63, 3.8) is 0 Å². The van der Waals surface area contributed by atoms with Gasteiger partial charge in [-0.05, 0) is 36.6 Å². The van der Waals surface area contributed by atoms with Crippen LogP contribution < -0.4 is 4.74 Å². The van der Waals surface area contributed by atoms with Crippen molar-refractivity contribution in [2.24, 2.45) is 0 Å². The molecule has 5 nitrogen and oxygen atoms in total. The third-order valence-corrected chi connectivity index (χ3v) is 5.61. The van der Waals surface area contributed by atoms with E-state index >= 15 is 0 Å². The van der Waals surface area contributed by atoms with Crippen LogP contribution in [0.15, 0.2) is 29.9 Å². The molecule has 3 heterocycles. The Balaban J connectivity index is 1.54. The Morgan fingerprint density at radius 3 is 2.96 bits per heavy atom. The highest BCUT2D eigenvalue weighted by Crippen LogP contribution is 2.27. The average Bonchev–Trinajstić information content (AvgIpc) is 2.99. The summed E-state index contributed by atoms with van der Waals surface area (Å²) in [6.45, 7) is 4.28. The first kappa shape index (κ1) is 15.5. The van der Waals surface area contributed by atoms with Crippen molar-refractivity contribution in [1.82, 2.24) is 19.9 Å². The molecule has 0 amide bonds. The van der Waals surface area contributed by atoms with E-state index < -0.39 is 0 Å². The first-order chi connectivity index (χ1) is 11.7. The lowest BCUT2D eigenvalue weighted by atomic mass is 10.1. The summed E-state index contributed by atoms with van der Waals surface area (Å²) in [5.41, 5.74) is 6.68. The van der Waals surface area contributed by atoms with Crippen molar-refractivity contribution >= 4 is 21.6 Å². The van der Waals surface area contributed by atoms with Gasteiger partial charge in [0.2, 0.25) is 0 Å². The largest absolute Gasteiger partial charge is 0.467 e. The summed E-state index contributed by atoms with van der Waals surface area (Å²) in [4.78, 5) is 15.7. The number of nitrogens with zero attached hydrogens (tertiary/aromatic N) is 4. The molecule has 0 spiro atoms. The van der Waals surface area contributed by atoms with Crippen LogP contribution in [0.1, 0.15) is 29.8 Å². The topological polar surface area (TPSA) is 51.1 Å².